The number of imidazole rings is 1. The predicted octanol–water partition coefficient (Wildman–Crippen LogP) is 5.30. The Labute approximate surface area is 187 Å². The Bertz CT molecular complexity index is 1200. The van der Waals surface area contributed by atoms with Crippen molar-refractivity contribution in [2.24, 2.45) is 0 Å². The van der Waals surface area contributed by atoms with E-state index in [1.807, 2.05) is 65.6 Å². The zero-order valence-corrected chi connectivity index (χ0v) is 18.0. The van der Waals surface area contributed by atoms with Crippen LogP contribution in [0.4, 0.5) is 0 Å². The summed E-state index contributed by atoms with van der Waals surface area (Å²) in [7, 11) is 0. The Morgan fingerprint density at radius 3 is 2.45 bits per heavy atom. The molecule has 31 heavy (non-hydrogen) atoms. The van der Waals surface area contributed by atoms with Crippen LogP contribution in [0, 0.1) is 0 Å². The molecule has 0 N–H and O–H groups in total. The monoisotopic (exact) mass is 429 g/mol. The molecule has 1 fully saturated rings. The Balaban J connectivity index is 1.40. The zero-order valence-electron chi connectivity index (χ0n) is 17.2. The van der Waals surface area contributed by atoms with E-state index in [1.54, 1.807) is 0 Å². The van der Waals surface area contributed by atoms with Crippen molar-refractivity contribution in [2.45, 2.75) is 25.3 Å². The van der Waals surface area contributed by atoms with Crippen molar-refractivity contribution in [1.82, 2.24) is 14.5 Å². The van der Waals surface area contributed by atoms with Crippen molar-refractivity contribution in [3.8, 4) is 0 Å². The minimum atomic E-state index is 0.1000. The molecule has 1 atom stereocenters. The van der Waals surface area contributed by atoms with Crippen molar-refractivity contribution < 1.29 is 4.79 Å². The van der Waals surface area contributed by atoms with Crippen LogP contribution >= 0.6 is 11.6 Å². The molecule has 0 bridgehead atoms. The highest BCUT2D eigenvalue weighted by Gasteiger charge is 2.33. The average molecular weight is 430 g/mol. The number of hydrogen-bond donors (Lipinski definition) is 0. The van der Waals surface area contributed by atoms with Gasteiger partial charge in [0.15, 0.2) is 0 Å². The van der Waals surface area contributed by atoms with Gasteiger partial charge in [0, 0.05) is 37.0 Å². The second-order valence-electron chi connectivity index (χ2n) is 8.15. The molecule has 2 heterocycles. The number of hydrogen-bond acceptors (Lipinski definition) is 2. The maximum Gasteiger partial charge on any atom is 0.223 e. The molecule has 0 aliphatic carbocycles. The minimum absolute atomic E-state index is 0.1000. The summed E-state index contributed by atoms with van der Waals surface area (Å²) in [5.74, 6) is 1.31. The number of halogens is 1. The Hall–Kier alpha value is -3.11. The van der Waals surface area contributed by atoms with E-state index < -0.39 is 0 Å². The highest BCUT2D eigenvalue weighted by Crippen LogP contribution is 2.31. The van der Waals surface area contributed by atoms with Crippen LogP contribution in [0.5, 0.6) is 0 Å². The molecule has 0 spiro atoms. The quantitative estimate of drug-likeness (QED) is 0.417. The molecule has 0 radical (unpaired) electrons. The van der Waals surface area contributed by atoms with Crippen molar-refractivity contribution in [3.63, 3.8) is 0 Å². The van der Waals surface area contributed by atoms with Gasteiger partial charge in [0.2, 0.25) is 5.91 Å². The van der Waals surface area contributed by atoms with E-state index in [9.17, 15) is 4.79 Å². The summed E-state index contributed by atoms with van der Waals surface area (Å²) < 4.78 is 2.26. The first-order valence-corrected chi connectivity index (χ1v) is 11.1. The summed E-state index contributed by atoms with van der Waals surface area (Å²) in [5.41, 5.74) is 4.50. The predicted molar refractivity (Wildman–Crippen MR) is 124 cm³/mol. The van der Waals surface area contributed by atoms with Crippen molar-refractivity contribution in [1.29, 1.82) is 0 Å². The summed E-state index contributed by atoms with van der Waals surface area (Å²) >= 11 is 6.07. The van der Waals surface area contributed by atoms with Crippen LogP contribution in [0.3, 0.4) is 0 Å². The van der Waals surface area contributed by atoms with Gasteiger partial charge in [-0.15, -0.1) is 0 Å². The Kier molecular flexibility index (Phi) is 5.47. The molecule has 1 aliphatic rings. The number of aromatic nitrogens is 2. The standard InChI is InChI=1S/C26H24ClN3O/c27-22-12-10-20(11-13-22)17-30-24-9-5-4-8-23(24)28-26(30)21-16-25(31)29(18-21)15-14-19-6-2-1-3-7-19/h1-13,21H,14-18H2. The lowest BCUT2D eigenvalue weighted by Gasteiger charge is -2.17. The molecule has 1 saturated heterocycles. The SMILES string of the molecule is O=C1CC(c2nc3ccccc3n2Cc2ccc(Cl)cc2)CN1CCc1ccccc1. The number of fused-ring (bicyclic) bond motifs is 1. The molecule has 5 rings (SSSR count). The van der Waals surface area contributed by atoms with Gasteiger partial charge in [-0.3, -0.25) is 4.79 Å². The van der Waals surface area contributed by atoms with Crippen LogP contribution in [0.1, 0.15) is 29.3 Å². The van der Waals surface area contributed by atoms with E-state index in [2.05, 4.69) is 22.8 Å². The van der Waals surface area contributed by atoms with Gasteiger partial charge in [0.05, 0.1) is 11.0 Å². The van der Waals surface area contributed by atoms with Gasteiger partial charge in [-0.05, 0) is 41.8 Å². The third kappa shape index (κ3) is 4.21. The number of carbonyl (C=O) groups is 1. The number of likely N-dealkylation sites (tertiary alicyclic amines) is 1. The van der Waals surface area contributed by atoms with Crippen LogP contribution in [0.2, 0.25) is 5.02 Å². The number of amides is 1. The van der Waals surface area contributed by atoms with E-state index in [0.717, 1.165) is 41.4 Å². The zero-order chi connectivity index (χ0) is 21.2. The summed E-state index contributed by atoms with van der Waals surface area (Å²) in [4.78, 5) is 19.7. The third-order valence-corrected chi connectivity index (χ3v) is 6.28. The molecule has 156 valence electrons. The first-order chi connectivity index (χ1) is 15.2. The topological polar surface area (TPSA) is 38.1 Å². The minimum Gasteiger partial charge on any atom is -0.342 e. The van der Waals surface area contributed by atoms with Gasteiger partial charge >= 0.3 is 0 Å². The normalized spacial score (nSPS) is 16.4. The van der Waals surface area contributed by atoms with E-state index in [0.29, 0.717) is 13.0 Å². The largest absolute Gasteiger partial charge is 0.342 e. The van der Waals surface area contributed by atoms with Crippen LogP contribution < -0.4 is 0 Å². The molecule has 4 nitrogen and oxygen atoms in total. The lowest BCUT2D eigenvalue weighted by molar-refractivity contribution is -0.127. The molecule has 4 aromatic rings. The summed E-state index contributed by atoms with van der Waals surface area (Å²) in [6.45, 7) is 2.17. The fourth-order valence-corrected chi connectivity index (χ4v) is 4.54. The fourth-order valence-electron chi connectivity index (χ4n) is 4.41. The number of rotatable bonds is 6. The van der Waals surface area contributed by atoms with Gasteiger partial charge < -0.3 is 9.47 Å². The number of benzene rings is 3. The van der Waals surface area contributed by atoms with E-state index in [1.165, 1.54) is 11.1 Å². The highest BCUT2D eigenvalue weighted by molar-refractivity contribution is 6.30. The second-order valence-corrected chi connectivity index (χ2v) is 8.58. The summed E-state index contributed by atoms with van der Waals surface area (Å²) in [6, 6.07) is 26.5. The van der Waals surface area contributed by atoms with E-state index in [-0.39, 0.29) is 11.8 Å². The molecular formula is C26H24ClN3O. The molecule has 5 heteroatoms. The highest BCUT2D eigenvalue weighted by atomic mass is 35.5. The van der Waals surface area contributed by atoms with Gasteiger partial charge in [-0.25, -0.2) is 4.98 Å². The molecule has 0 saturated carbocycles. The second kappa shape index (κ2) is 8.56. The molecule has 1 unspecified atom stereocenters. The fraction of sp³-hybridized carbons (Fsp3) is 0.231. The van der Waals surface area contributed by atoms with Crippen molar-refractivity contribution in [3.05, 3.63) is 101 Å². The lowest BCUT2D eigenvalue weighted by atomic mass is 10.1. The van der Waals surface area contributed by atoms with Gasteiger partial charge in [-0.2, -0.15) is 0 Å². The van der Waals surface area contributed by atoms with Crippen LogP contribution in [-0.4, -0.2) is 33.4 Å². The summed E-state index contributed by atoms with van der Waals surface area (Å²) in [5, 5.41) is 0.731. The van der Waals surface area contributed by atoms with Gasteiger partial charge in [0.25, 0.3) is 0 Å². The average Bonchev–Trinajstić information content (AvgIpc) is 3.35. The number of carbonyl (C=O) groups excluding carboxylic acids is 1. The smallest absolute Gasteiger partial charge is 0.223 e. The van der Waals surface area contributed by atoms with Gasteiger partial charge in [0.1, 0.15) is 5.82 Å². The van der Waals surface area contributed by atoms with Crippen molar-refractivity contribution in [2.75, 3.05) is 13.1 Å². The Morgan fingerprint density at radius 1 is 0.903 bits per heavy atom. The van der Waals surface area contributed by atoms with Crippen LogP contribution in [0.15, 0.2) is 78.9 Å². The van der Waals surface area contributed by atoms with Crippen LogP contribution in [0.25, 0.3) is 11.0 Å². The molecular weight excluding hydrogens is 406 g/mol. The maximum atomic E-state index is 12.8. The molecule has 1 amide bonds. The maximum absolute atomic E-state index is 12.8. The van der Waals surface area contributed by atoms with Crippen LogP contribution in [-0.2, 0) is 17.8 Å². The first-order valence-electron chi connectivity index (χ1n) is 10.7. The number of para-hydroxylation sites is 2. The van der Waals surface area contributed by atoms with Gasteiger partial charge in [-0.1, -0.05) is 66.2 Å². The lowest BCUT2D eigenvalue weighted by Crippen LogP contribution is -2.27. The Morgan fingerprint density at radius 2 is 1.65 bits per heavy atom. The molecule has 1 aliphatic heterocycles. The summed E-state index contributed by atoms with van der Waals surface area (Å²) in [6.07, 6.45) is 1.39. The van der Waals surface area contributed by atoms with Crippen molar-refractivity contribution >= 4 is 28.5 Å². The van der Waals surface area contributed by atoms with E-state index >= 15 is 0 Å². The molecule has 1 aromatic heterocycles. The van der Waals surface area contributed by atoms with E-state index in [4.69, 9.17) is 16.6 Å². The first kappa shape index (κ1) is 19.8. The number of nitrogens with zero attached hydrogens (tertiary/aromatic N) is 3. The third-order valence-electron chi connectivity index (χ3n) is 6.03. The molecule has 3 aromatic carbocycles.